The maximum absolute atomic E-state index is 12.8. The molecule has 146 valence electrons. The molecule has 0 fully saturated rings. The van der Waals surface area contributed by atoms with Crippen molar-refractivity contribution in [3.05, 3.63) is 95.1 Å². The fourth-order valence-corrected chi connectivity index (χ4v) is 3.62. The molecule has 29 heavy (non-hydrogen) atoms. The predicted octanol–water partition coefficient (Wildman–Crippen LogP) is 4.02. The fourth-order valence-electron chi connectivity index (χ4n) is 3.62. The number of amides is 1. The zero-order valence-corrected chi connectivity index (χ0v) is 16.3. The van der Waals surface area contributed by atoms with Gasteiger partial charge in [-0.05, 0) is 41.5 Å². The molecular weight excluding hydrogens is 362 g/mol. The van der Waals surface area contributed by atoms with Gasteiger partial charge in [-0.25, -0.2) is 5.43 Å². The lowest BCUT2D eigenvalue weighted by atomic mass is 10.0. The molecule has 5 heteroatoms. The zero-order chi connectivity index (χ0) is 20.2. The Balaban J connectivity index is 1.67. The first-order valence-corrected chi connectivity index (χ1v) is 9.77. The summed E-state index contributed by atoms with van der Waals surface area (Å²) in [6.07, 6.45) is 0.396. The van der Waals surface area contributed by atoms with Crippen LogP contribution in [0.25, 0.3) is 0 Å². The first kappa shape index (κ1) is 18.9. The molecule has 0 atom stereocenters. The molecule has 3 aromatic carbocycles. The molecule has 5 nitrogen and oxygen atoms in total. The number of benzene rings is 3. The minimum atomic E-state index is -0.158. The Kier molecular flexibility index (Phi) is 5.40. The minimum absolute atomic E-state index is 0.131. The highest BCUT2D eigenvalue weighted by Gasteiger charge is 2.24. The lowest BCUT2D eigenvalue weighted by Gasteiger charge is -2.26. The van der Waals surface area contributed by atoms with Crippen molar-refractivity contribution in [2.75, 3.05) is 11.4 Å². The quantitative estimate of drug-likeness (QED) is 0.652. The van der Waals surface area contributed by atoms with E-state index >= 15 is 0 Å². The lowest BCUT2D eigenvalue weighted by Crippen LogP contribution is -2.37. The van der Waals surface area contributed by atoms with E-state index in [2.05, 4.69) is 21.8 Å². The summed E-state index contributed by atoms with van der Waals surface area (Å²) in [5.41, 5.74) is 10.8. The number of rotatable bonds is 5. The smallest absolute Gasteiger partial charge is 0.265 e. The zero-order valence-electron chi connectivity index (χ0n) is 16.3. The van der Waals surface area contributed by atoms with Crippen molar-refractivity contribution in [1.29, 1.82) is 0 Å². The third-order valence-electron chi connectivity index (χ3n) is 5.06. The Labute approximate surface area is 170 Å². The number of Topliss-reactive ketones (excluding diaryl/α,β-unsaturated/α-hetero) is 1. The van der Waals surface area contributed by atoms with E-state index in [4.69, 9.17) is 0 Å². The lowest BCUT2D eigenvalue weighted by molar-refractivity contribution is 0.0933. The summed E-state index contributed by atoms with van der Waals surface area (Å²) in [6.45, 7) is 3.19. The molecule has 1 amide bonds. The Hall–Kier alpha value is -3.44. The average molecular weight is 385 g/mol. The number of para-hydroxylation sites is 2. The summed E-state index contributed by atoms with van der Waals surface area (Å²) in [5.74, 6) is -0.0274. The van der Waals surface area contributed by atoms with E-state index in [-0.39, 0.29) is 11.7 Å². The number of fused-ring (bicyclic) bond motifs is 2. The molecule has 0 saturated heterocycles. The van der Waals surface area contributed by atoms with E-state index in [1.807, 2.05) is 73.7 Å². The molecule has 3 aromatic rings. The second kappa shape index (κ2) is 8.29. The Bertz CT molecular complexity index is 1040. The number of hydrogen-bond donors (Lipinski definition) is 2. The molecule has 0 saturated carbocycles. The molecule has 0 spiro atoms. The largest absolute Gasteiger partial charge is 0.336 e. The van der Waals surface area contributed by atoms with Gasteiger partial charge >= 0.3 is 0 Å². The highest BCUT2D eigenvalue weighted by molar-refractivity contribution is 6.05. The molecule has 0 unspecified atom stereocenters. The van der Waals surface area contributed by atoms with Gasteiger partial charge in [0, 0.05) is 36.3 Å². The van der Waals surface area contributed by atoms with E-state index in [1.165, 1.54) is 0 Å². The van der Waals surface area contributed by atoms with Gasteiger partial charge in [-0.15, -0.1) is 0 Å². The second-order valence-electron chi connectivity index (χ2n) is 7.01. The highest BCUT2D eigenvalue weighted by atomic mass is 16.2. The molecule has 0 aliphatic carbocycles. The SMILES string of the molecule is CCNNC(=O)c1ccc(CN2c3ccccc3CC(=O)c3ccccc32)cc1. The molecule has 4 rings (SSSR count). The van der Waals surface area contributed by atoms with Crippen molar-refractivity contribution in [2.24, 2.45) is 0 Å². The molecular formula is C24H23N3O2. The van der Waals surface area contributed by atoms with Crippen molar-refractivity contribution >= 4 is 23.1 Å². The summed E-state index contributed by atoms with van der Waals surface area (Å²) in [4.78, 5) is 27.1. The van der Waals surface area contributed by atoms with Gasteiger partial charge in [0.25, 0.3) is 5.91 Å². The van der Waals surface area contributed by atoms with Crippen LogP contribution < -0.4 is 15.8 Å². The second-order valence-corrected chi connectivity index (χ2v) is 7.01. The van der Waals surface area contributed by atoms with E-state index in [9.17, 15) is 9.59 Å². The summed E-state index contributed by atoms with van der Waals surface area (Å²) in [6, 6.07) is 23.4. The summed E-state index contributed by atoms with van der Waals surface area (Å²) < 4.78 is 0. The highest BCUT2D eigenvalue weighted by Crippen LogP contribution is 2.37. The van der Waals surface area contributed by atoms with Gasteiger partial charge in [0.1, 0.15) is 0 Å². The fraction of sp³-hybridized carbons (Fsp3) is 0.167. The van der Waals surface area contributed by atoms with Gasteiger partial charge in [-0.1, -0.05) is 49.4 Å². The van der Waals surface area contributed by atoms with Gasteiger partial charge in [-0.3, -0.25) is 15.0 Å². The van der Waals surface area contributed by atoms with Crippen LogP contribution in [0.1, 0.15) is 38.8 Å². The van der Waals surface area contributed by atoms with Crippen molar-refractivity contribution < 1.29 is 9.59 Å². The summed E-state index contributed by atoms with van der Waals surface area (Å²) in [7, 11) is 0. The van der Waals surface area contributed by atoms with Crippen LogP contribution in [-0.2, 0) is 13.0 Å². The van der Waals surface area contributed by atoms with E-state index in [0.717, 1.165) is 28.1 Å². The Morgan fingerprint density at radius 2 is 1.62 bits per heavy atom. The first-order valence-electron chi connectivity index (χ1n) is 9.77. The predicted molar refractivity (Wildman–Crippen MR) is 114 cm³/mol. The van der Waals surface area contributed by atoms with Crippen LogP contribution >= 0.6 is 0 Å². The van der Waals surface area contributed by atoms with Crippen LogP contribution in [0.15, 0.2) is 72.8 Å². The van der Waals surface area contributed by atoms with Crippen molar-refractivity contribution in [2.45, 2.75) is 19.9 Å². The van der Waals surface area contributed by atoms with Crippen molar-refractivity contribution in [3.8, 4) is 0 Å². The maximum atomic E-state index is 12.8. The number of carbonyl (C=O) groups excluding carboxylic acids is 2. The number of ketones is 1. The normalized spacial score (nSPS) is 12.7. The monoisotopic (exact) mass is 385 g/mol. The first-order chi connectivity index (χ1) is 14.2. The average Bonchev–Trinajstić information content (AvgIpc) is 2.87. The van der Waals surface area contributed by atoms with Gasteiger partial charge < -0.3 is 4.90 Å². The molecule has 0 aromatic heterocycles. The Morgan fingerprint density at radius 3 is 2.38 bits per heavy atom. The van der Waals surface area contributed by atoms with Crippen LogP contribution in [0, 0.1) is 0 Å². The van der Waals surface area contributed by atoms with Crippen LogP contribution in [0.5, 0.6) is 0 Å². The molecule has 1 aliphatic rings. The summed E-state index contributed by atoms with van der Waals surface area (Å²) in [5, 5.41) is 0. The molecule has 1 heterocycles. The van der Waals surface area contributed by atoms with Crippen LogP contribution in [0.2, 0.25) is 0 Å². The minimum Gasteiger partial charge on any atom is -0.336 e. The third kappa shape index (κ3) is 3.91. The molecule has 0 radical (unpaired) electrons. The molecule has 2 N–H and O–H groups in total. The van der Waals surface area contributed by atoms with Crippen LogP contribution in [0.4, 0.5) is 11.4 Å². The number of hydrazine groups is 1. The third-order valence-corrected chi connectivity index (χ3v) is 5.06. The van der Waals surface area contributed by atoms with Gasteiger partial charge in [0.2, 0.25) is 0 Å². The maximum Gasteiger partial charge on any atom is 0.265 e. The topological polar surface area (TPSA) is 61.4 Å². The van der Waals surface area contributed by atoms with E-state index in [1.54, 1.807) is 0 Å². The van der Waals surface area contributed by atoms with Gasteiger partial charge in [0.15, 0.2) is 5.78 Å². The number of hydrogen-bond acceptors (Lipinski definition) is 4. The number of nitrogens with zero attached hydrogens (tertiary/aromatic N) is 1. The molecule has 1 aliphatic heterocycles. The standard InChI is InChI=1S/C24H23N3O2/c1-2-25-26-24(29)18-13-11-17(12-14-18)16-27-21-9-5-3-7-19(21)15-23(28)20-8-4-6-10-22(20)27/h3-14,25H,2,15-16H2,1H3,(H,26,29). The van der Waals surface area contributed by atoms with E-state index in [0.29, 0.717) is 25.1 Å². The Morgan fingerprint density at radius 1 is 0.931 bits per heavy atom. The van der Waals surface area contributed by atoms with Crippen molar-refractivity contribution in [1.82, 2.24) is 10.9 Å². The number of nitrogens with one attached hydrogen (secondary N) is 2. The number of anilines is 2. The van der Waals surface area contributed by atoms with Crippen LogP contribution in [-0.4, -0.2) is 18.2 Å². The number of carbonyl (C=O) groups is 2. The van der Waals surface area contributed by atoms with Crippen molar-refractivity contribution in [3.63, 3.8) is 0 Å². The van der Waals surface area contributed by atoms with Crippen LogP contribution in [0.3, 0.4) is 0 Å². The van der Waals surface area contributed by atoms with Gasteiger partial charge in [0.05, 0.1) is 5.69 Å². The van der Waals surface area contributed by atoms with Gasteiger partial charge in [-0.2, -0.15) is 0 Å². The van der Waals surface area contributed by atoms with E-state index < -0.39 is 0 Å². The summed E-state index contributed by atoms with van der Waals surface area (Å²) >= 11 is 0. The molecule has 0 bridgehead atoms.